The lowest BCUT2D eigenvalue weighted by atomic mass is 10.1. The predicted molar refractivity (Wildman–Crippen MR) is 108 cm³/mol. The summed E-state index contributed by atoms with van der Waals surface area (Å²) in [7, 11) is 1.51. The topological polar surface area (TPSA) is 93.2 Å². The molecule has 0 bridgehead atoms. The number of rotatable bonds is 6. The van der Waals surface area contributed by atoms with Crippen LogP contribution in [0.5, 0.6) is 5.75 Å². The molecule has 142 valence electrons. The van der Waals surface area contributed by atoms with E-state index in [1.165, 1.54) is 26.4 Å². The second-order valence-electron chi connectivity index (χ2n) is 5.85. The second kappa shape index (κ2) is 8.49. The zero-order chi connectivity index (χ0) is 20.1. The predicted octanol–water partition coefficient (Wildman–Crippen LogP) is 4.34. The number of aromatic nitrogens is 2. The molecule has 0 saturated carbocycles. The minimum Gasteiger partial charge on any atom is -0.495 e. The summed E-state index contributed by atoms with van der Waals surface area (Å²) in [6.45, 7) is 1.50. The fourth-order valence-electron chi connectivity index (χ4n) is 2.41. The SMILES string of the molecule is COc1ccc(NC(=O)c2cnc(Nc3cccc(C(C)=O)c3)cn2)cc1Cl. The number of amides is 1. The number of ether oxygens (including phenoxy) is 1. The number of benzene rings is 2. The van der Waals surface area contributed by atoms with Gasteiger partial charge in [-0.05, 0) is 37.3 Å². The molecule has 0 aliphatic heterocycles. The minimum atomic E-state index is -0.418. The number of Topliss-reactive ketones (excluding diaryl/α,β-unsaturated/α-hetero) is 1. The van der Waals surface area contributed by atoms with Gasteiger partial charge in [-0.15, -0.1) is 0 Å². The smallest absolute Gasteiger partial charge is 0.275 e. The van der Waals surface area contributed by atoms with Crippen LogP contribution in [0.1, 0.15) is 27.8 Å². The van der Waals surface area contributed by atoms with Crippen LogP contribution in [0.2, 0.25) is 5.02 Å². The van der Waals surface area contributed by atoms with Crippen LogP contribution in [-0.4, -0.2) is 28.8 Å². The Morgan fingerprint density at radius 3 is 2.50 bits per heavy atom. The number of carbonyl (C=O) groups excluding carboxylic acids is 2. The molecule has 7 nitrogen and oxygen atoms in total. The maximum absolute atomic E-state index is 12.3. The molecule has 8 heteroatoms. The van der Waals surface area contributed by atoms with E-state index in [-0.39, 0.29) is 11.5 Å². The van der Waals surface area contributed by atoms with Gasteiger partial charge in [0.15, 0.2) is 5.78 Å². The van der Waals surface area contributed by atoms with Gasteiger partial charge in [-0.1, -0.05) is 23.7 Å². The van der Waals surface area contributed by atoms with Crippen LogP contribution in [-0.2, 0) is 0 Å². The van der Waals surface area contributed by atoms with E-state index >= 15 is 0 Å². The highest BCUT2D eigenvalue weighted by Gasteiger charge is 2.10. The van der Waals surface area contributed by atoms with Crippen molar-refractivity contribution in [3.8, 4) is 5.75 Å². The molecule has 0 unspecified atom stereocenters. The van der Waals surface area contributed by atoms with Crippen molar-refractivity contribution in [3.05, 3.63) is 71.1 Å². The zero-order valence-corrected chi connectivity index (χ0v) is 15.9. The highest BCUT2D eigenvalue weighted by atomic mass is 35.5. The molecule has 3 rings (SSSR count). The summed E-state index contributed by atoms with van der Waals surface area (Å²) in [6, 6.07) is 12.0. The van der Waals surface area contributed by atoms with E-state index in [2.05, 4.69) is 20.6 Å². The molecule has 2 aromatic carbocycles. The lowest BCUT2D eigenvalue weighted by molar-refractivity contribution is 0.101. The summed E-state index contributed by atoms with van der Waals surface area (Å²) in [6.07, 6.45) is 2.80. The molecule has 0 radical (unpaired) electrons. The average Bonchev–Trinajstić information content (AvgIpc) is 2.69. The van der Waals surface area contributed by atoms with Gasteiger partial charge in [0, 0.05) is 16.9 Å². The number of hydrogen-bond donors (Lipinski definition) is 2. The van der Waals surface area contributed by atoms with Crippen molar-refractivity contribution < 1.29 is 14.3 Å². The van der Waals surface area contributed by atoms with Gasteiger partial charge in [0.2, 0.25) is 0 Å². The molecule has 2 N–H and O–H groups in total. The summed E-state index contributed by atoms with van der Waals surface area (Å²) < 4.78 is 5.08. The van der Waals surface area contributed by atoms with Crippen molar-refractivity contribution >= 4 is 40.5 Å². The lowest BCUT2D eigenvalue weighted by Gasteiger charge is -2.09. The van der Waals surface area contributed by atoms with Gasteiger partial charge < -0.3 is 15.4 Å². The van der Waals surface area contributed by atoms with Crippen LogP contribution in [0, 0.1) is 0 Å². The molecular formula is C20H17ClN4O3. The number of ketones is 1. The van der Waals surface area contributed by atoms with Gasteiger partial charge in [-0.25, -0.2) is 9.97 Å². The Balaban J connectivity index is 1.68. The van der Waals surface area contributed by atoms with Crippen LogP contribution in [0.4, 0.5) is 17.2 Å². The van der Waals surface area contributed by atoms with E-state index in [0.29, 0.717) is 33.5 Å². The first-order valence-electron chi connectivity index (χ1n) is 8.31. The fraction of sp³-hybridized carbons (Fsp3) is 0.100. The molecular weight excluding hydrogens is 380 g/mol. The van der Waals surface area contributed by atoms with Gasteiger partial charge in [-0.2, -0.15) is 0 Å². The molecule has 0 fully saturated rings. The fourth-order valence-corrected chi connectivity index (χ4v) is 2.67. The number of anilines is 3. The van der Waals surface area contributed by atoms with Crippen LogP contribution in [0.25, 0.3) is 0 Å². The monoisotopic (exact) mass is 396 g/mol. The Bertz CT molecular complexity index is 1020. The molecule has 0 aliphatic carbocycles. The standard InChI is InChI=1S/C20H17ClN4O3/c1-12(26)13-4-3-5-14(8-13)24-19-11-22-17(10-23-19)20(27)25-15-6-7-18(28-2)16(21)9-15/h3-11H,1-2H3,(H,23,24)(H,25,27). The van der Waals surface area contributed by atoms with Crippen molar-refractivity contribution in [1.82, 2.24) is 9.97 Å². The van der Waals surface area contributed by atoms with E-state index in [1.807, 2.05) is 6.07 Å². The van der Waals surface area contributed by atoms with Crippen LogP contribution >= 0.6 is 11.6 Å². The molecule has 28 heavy (non-hydrogen) atoms. The van der Waals surface area contributed by atoms with Crippen LogP contribution < -0.4 is 15.4 Å². The van der Waals surface area contributed by atoms with Crippen molar-refractivity contribution in [1.29, 1.82) is 0 Å². The molecule has 0 spiro atoms. The van der Waals surface area contributed by atoms with Crippen molar-refractivity contribution in [2.45, 2.75) is 6.92 Å². The Kier molecular flexibility index (Phi) is 5.86. The molecule has 1 aromatic heterocycles. The first-order chi connectivity index (χ1) is 13.5. The van der Waals surface area contributed by atoms with Crippen molar-refractivity contribution in [2.75, 3.05) is 17.7 Å². The van der Waals surface area contributed by atoms with Crippen LogP contribution in [0.3, 0.4) is 0 Å². The van der Waals surface area contributed by atoms with E-state index in [0.717, 1.165) is 0 Å². The molecule has 1 heterocycles. The Labute approximate surface area is 166 Å². The minimum absolute atomic E-state index is 0.0274. The molecule has 3 aromatic rings. The van der Waals surface area contributed by atoms with Crippen molar-refractivity contribution in [3.63, 3.8) is 0 Å². The summed E-state index contributed by atoms with van der Waals surface area (Å²) in [5, 5.41) is 6.13. The van der Waals surface area contributed by atoms with Gasteiger partial charge in [0.05, 0.1) is 24.5 Å². The summed E-state index contributed by atoms with van der Waals surface area (Å²) in [5.74, 6) is 0.521. The number of hydrogen-bond acceptors (Lipinski definition) is 6. The maximum atomic E-state index is 12.3. The largest absolute Gasteiger partial charge is 0.495 e. The Hall–Kier alpha value is -3.45. The summed E-state index contributed by atoms with van der Waals surface area (Å²) >= 11 is 6.05. The first-order valence-corrected chi connectivity index (χ1v) is 8.69. The molecule has 0 atom stereocenters. The molecule has 1 amide bonds. The Morgan fingerprint density at radius 1 is 1.04 bits per heavy atom. The average molecular weight is 397 g/mol. The van der Waals surface area contributed by atoms with Crippen molar-refractivity contribution in [2.24, 2.45) is 0 Å². The van der Waals surface area contributed by atoms with Gasteiger partial charge >= 0.3 is 0 Å². The van der Waals surface area contributed by atoms with Gasteiger partial charge in [0.1, 0.15) is 17.3 Å². The highest BCUT2D eigenvalue weighted by Crippen LogP contribution is 2.27. The number of halogens is 1. The van der Waals surface area contributed by atoms with E-state index in [9.17, 15) is 9.59 Å². The van der Waals surface area contributed by atoms with E-state index < -0.39 is 5.91 Å². The third kappa shape index (κ3) is 4.63. The van der Waals surface area contributed by atoms with Crippen LogP contribution in [0.15, 0.2) is 54.9 Å². The first kappa shape index (κ1) is 19.3. The second-order valence-corrected chi connectivity index (χ2v) is 6.26. The van der Waals surface area contributed by atoms with Gasteiger partial charge in [-0.3, -0.25) is 9.59 Å². The summed E-state index contributed by atoms with van der Waals surface area (Å²) in [4.78, 5) is 32.1. The zero-order valence-electron chi connectivity index (χ0n) is 15.2. The van der Waals surface area contributed by atoms with E-state index in [1.54, 1.807) is 36.4 Å². The highest BCUT2D eigenvalue weighted by molar-refractivity contribution is 6.32. The maximum Gasteiger partial charge on any atom is 0.275 e. The molecule has 0 aliphatic rings. The third-order valence-corrected chi connectivity index (χ3v) is 4.13. The quantitative estimate of drug-likeness (QED) is 0.602. The number of carbonyl (C=O) groups is 2. The lowest BCUT2D eigenvalue weighted by Crippen LogP contribution is -2.14. The number of nitrogens with zero attached hydrogens (tertiary/aromatic N) is 2. The summed E-state index contributed by atoms with van der Waals surface area (Å²) in [5.41, 5.74) is 1.95. The van der Waals surface area contributed by atoms with Gasteiger partial charge in [0.25, 0.3) is 5.91 Å². The number of nitrogens with one attached hydrogen (secondary N) is 2. The normalized spacial score (nSPS) is 10.2. The third-order valence-electron chi connectivity index (χ3n) is 3.84. The molecule has 0 saturated heterocycles. The number of methoxy groups -OCH3 is 1. The van der Waals surface area contributed by atoms with E-state index in [4.69, 9.17) is 16.3 Å². The Morgan fingerprint density at radius 2 is 1.86 bits per heavy atom.